The van der Waals surface area contributed by atoms with Gasteiger partial charge in [0.25, 0.3) is 0 Å². The van der Waals surface area contributed by atoms with Crippen LogP contribution >= 0.6 is 23.4 Å². The molecular weight excluding hydrogens is 316 g/mol. The van der Waals surface area contributed by atoms with E-state index < -0.39 is 0 Å². The standard InChI is InChI=1S/C17H25ClN2OS/c1-20-8-9-21-16(12-20)17(13-2-4-14(18)5-3-13)19-15-6-10-22-11-7-15/h2-5,15-17,19H,6-12H2,1H3/t16-,17-/m1/s1. The molecule has 3 rings (SSSR count). The Kier molecular flexibility index (Phi) is 6.05. The number of halogens is 1. The Morgan fingerprint density at radius 1 is 1.27 bits per heavy atom. The molecule has 1 aromatic carbocycles. The van der Waals surface area contributed by atoms with Gasteiger partial charge in [-0.25, -0.2) is 0 Å². The molecule has 3 nitrogen and oxygen atoms in total. The molecule has 2 saturated heterocycles. The Balaban J connectivity index is 1.75. The van der Waals surface area contributed by atoms with Gasteiger partial charge < -0.3 is 15.0 Å². The van der Waals surface area contributed by atoms with E-state index in [0.717, 1.165) is 24.7 Å². The number of ether oxygens (including phenoxy) is 1. The van der Waals surface area contributed by atoms with Gasteiger partial charge in [-0.3, -0.25) is 0 Å². The molecule has 0 aliphatic carbocycles. The Morgan fingerprint density at radius 3 is 2.68 bits per heavy atom. The van der Waals surface area contributed by atoms with E-state index in [4.69, 9.17) is 16.3 Å². The van der Waals surface area contributed by atoms with Crippen molar-refractivity contribution in [1.29, 1.82) is 0 Å². The number of likely N-dealkylation sites (N-methyl/N-ethyl adjacent to an activating group) is 1. The predicted octanol–water partition coefficient (Wildman–Crippen LogP) is 3.20. The Bertz CT molecular complexity index is 464. The first-order chi connectivity index (χ1) is 10.7. The van der Waals surface area contributed by atoms with Crippen molar-refractivity contribution in [2.45, 2.75) is 31.0 Å². The van der Waals surface area contributed by atoms with Gasteiger partial charge in [-0.2, -0.15) is 11.8 Å². The van der Waals surface area contributed by atoms with E-state index in [1.807, 2.05) is 12.1 Å². The number of morpholine rings is 1. The van der Waals surface area contributed by atoms with Gasteiger partial charge in [-0.05, 0) is 49.1 Å². The molecule has 2 fully saturated rings. The van der Waals surface area contributed by atoms with Crippen LogP contribution in [0.15, 0.2) is 24.3 Å². The summed E-state index contributed by atoms with van der Waals surface area (Å²) < 4.78 is 6.09. The highest BCUT2D eigenvalue weighted by molar-refractivity contribution is 7.99. The van der Waals surface area contributed by atoms with Crippen LogP contribution in [0.5, 0.6) is 0 Å². The molecule has 2 heterocycles. The van der Waals surface area contributed by atoms with Crippen LogP contribution in [0.1, 0.15) is 24.4 Å². The smallest absolute Gasteiger partial charge is 0.0896 e. The number of nitrogens with one attached hydrogen (secondary N) is 1. The maximum absolute atomic E-state index is 6.09. The lowest BCUT2D eigenvalue weighted by Crippen LogP contribution is -2.49. The lowest BCUT2D eigenvalue weighted by molar-refractivity contribution is -0.0414. The summed E-state index contributed by atoms with van der Waals surface area (Å²) in [6.07, 6.45) is 2.70. The first kappa shape index (κ1) is 16.6. The first-order valence-electron chi connectivity index (χ1n) is 8.12. The van der Waals surface area contributed by atoms with Gasteiger partial charge in [0.15, 0.2) is 0 Å². The molecule has 2 aliphatic rings. The first-order valence-corrected chi connectivity index (χ1v) is 9.65. The summed E-state index contributed by atoms with van der Waals surface area (Å²) in [7, 11) is 2.17. The third-order valence-electron chi connectivity index (χ3n) is 4.53. The molecule has 2 aliphatic heterocycles. The number of benzene rings is 1. The fourth-order valence-electron chi connectivity index (χ4n) is 3.22. The summed E-state index contributed by atoms with van der Waals surface area (Å²) in [6.45, 7) is 2.80. The molecule has 0 bridgehead atoms. The quantitative estimate of drug-likeness (QED) is 0.909. The highest BCUT2D eigenvalue weighted by Gasteiger charge is 2.30. The van der Waals surface area contributed by atoms with Crippen molar-refractivity contribution in [1.82, 2.24) is 10.2 Å². The average molecular weight is 341 g/mol. The van der Waals surface area contributed by atoms with Crippen LogP contribution in [0, 0.1) is 0 Å². The maximum atomic E-state index is 6.09. The fourth-order valence-corrected chi connectivity index (χ4v) is 4.45. The van der Waals surface area contributed by atoms with Gasteiger partial charge in [0.1, 0.15) is 0 Å². The minimum Gasteiger partial charge on any atom is -0.374 e. The zero-order valence-corrected chi connectivity index (χ0v) is 14.7. The fraction of sp³-hybridized carbons (Fsp3) is 0.647. The van der Waals surface area contributed by atoms with Crippen molar-refractivity contribution >= 4 is 23.4 Å². The number of thioether (sulfide) groups is 1. The molecule has 0 spiro atoms. The minimum absolute atomic E-state index is 0.203. The highest BCUT2D eigenvalue weighted by atomic mass is 35.5. The zero-order chi connectivity index (χ0) is 15.4. The van der Waals surface area contributed by atoms with E-state index in [1.165, 1.54) is 29.9 Å². The van der Waals surface area contributed by atoms with Crippen LogP contribution in [0.2, 0.25) is 5.02 Å². The van der Waals surface area contributed by atoms with E-state index in [1.54, 1.807) is 0 Å². The van der Waals surface area contributed by atoms with Crippen molar-refractivity contribution in [2.24, 2.45) is 0 Å². The molecule has 1 aromatic rings. The van der Waals surface area contributed by atoms with Crippen LogP contribution in [-0.2, 0) is 4.74 Å². The Hall–Kier alpha value is -0.260. The van der Waals surface area contributed by atoms with Gasteiger partial charge in [0.05, 0.1) is 18.8 Å². The molecule has 0 unspecified atom stereocenters. The van der Waals surface area contributed by atoms with E-state index in [2.05, 4.69) is 41.2 Å². The second-order valence-electron chi connectivity index (χ2n) is 6.25. The van der Waals surface area contributed by atoms with Gasteiger partial charge in [-0.15, -0.1) is 0 Å². The molecule has 0 aromatic heterocycles. The van der Waals surface area contributed by atoms with Crippen molar-refractivity contribution in [2.75, 3.05) is 38.2 Å². The molecular formula is C17H25ClN2OS. The third-order valence-corrected chi connectivity index (χ3v) is 5.83. The van der Waals surface area contributed by atoms with Crippen molar-refractivity contribution in [3.05, 3.63) is 34.9 Å². The predicted molar refractivity (Wildman–Crippen MR) is 94.9 cm³/mol. The molecule has 2 atom stereocenters. The SMILES string of the molecule is CN1CCO[C@@H]([C@H](NC2CCSCC2)c2ccc(Cl)cc2)C1. The number of hydrogen-bond donors (Lipinski definition) is 1. The van der Waals surface area contributed by atoms with Crippen molar-refractivity contribution in [3.63, 3.8) is 0 Å². The summed E-state index contributed by atoms with van der Waals surface area (Å²) in [5, 5.41) is 4.66. The summed E-state index contributed by atoms with van der Waals surface area (Å²) in [5.74, 6) is 2.52. The van der Waals surface area contributed by atoms with Crippen LogP contribution in [0.4, 0.5) is 0 Å². The summed E-state index contributed by atoms with van der Waals surface area (Å²) >= 11 is 8.12. The van der Waals surface area contributed by atoms with Crippen LogP contribution in [-0.4, -0.2) is 55.3 Å². The monoisotopic (exact) mass is 340 g/mol. The van der Waals surface area contributed by atoms with E-state index in [-0.39, 0.29) is 12.1 Å². The Morgan fingerprint density at radius 2 is 2.00 bits per heavy atom. The summed E-state index contributed by atoms with van der Waals surface area (Å²) in [5.41, 5.74) is 1.28. The highest BCUT2D eigenvalue weighted by Crippen LogP contribution is 2.27. The zero-order valence-electron chi connectivity index (χ0n) is 13.1. The lowest BCUT2D eigenvalue weighted by atomic mass is 9.98. The van der Waals surface area contributed by atoms with Crippen molar-refractivity contribution in [3.8, 4) is 0 Å². The maximum Gasteiger partial charge on any atom is 0.0896 e. The third kappa shape index (κ3) is 4.39. The Labute approximate surface area is 142 Å². The molecule has 122 valence electrons. The van der Waals surface area contributed by atoms with Crippen LogP contribution in [0.25, 0.3) is 0 Å². The number of hydrogen-bond acceptors (Lipinski definition) is 4. The molecule has 0 saturated carbocycles. The topological polar surface area (TPSA) is 24.5 Å². The summed E-state index contributed by atoms with van der Waals surface area (Å²) in [4.78, 5) is 2.36. The number of rotatable bonds is 4. The largest absolute Gasteiger partial charge is 0.374 e. The van der Waals surface area contributed by atoms with E-state index in [0.29, 0.717) is 6.04 Å². The van der Waals surface area contributed by atoms with Gasteiger partial charge in [0, 0.05) is 24.2 Å². The molecule has 0 radical (unpaired) electrons. The molecule has 22 heavy (non-hydrogen) atoms. The van der Waals surface area contributed by atoms with E-state index in [9.17, 15) is 0 Å². The van der Waals surface area contributed by atoms with Gasteiger partial charge in [-0.1, -0.05) is 23.7 Å². The molecule has 5 heteroatoms. The molecule has 1 N–H and O–H groups in total. The van der Waals surface area contributed by atoms with Crippen molar-refractivity contribution < 1.29 is 4.74 Å². The second kappa shape index (κ2) is 8.02. The van der Waals surface area contributed by atoms with Gasteiger partial charge >= 0.3 is 0 Å². The van der Waals surface area contributed by atoms with E-state index >= 15 is 0 Å². The second-order valence-corrected chi connectivity index (χ2v) is 7.92. The summed E-state index contributed by atoms with van der Waals surface area (Å²) in [6, 6.07) is 9.07. The van der Waals surface area contributed by atoms with Crippen LogP contribution < -0.4 is 5.32 Å². The normalized spacial score (nSPS) is 26.0. The average Bonchev–Trinajstić information content (AvgIpc) is 2.55. The molecule has 0 amide bonds. The van der Waals surface area contributed by atoms with Gasteiger partial charge in [0.2, 0.25) is 0 Å². The minimum atomic E-state index is 0.203. The van der Waals surface area contributed by atoms with Crippen LogP contribution in [0.3, 0.4) is 0 Å². The lowest BCUT2D eigenvalue weighted by Gasteiger charge is -2.38. The number of nitrogens with zero attached hydrogens (tertiary/aromatic N) is 1.